The maximum Gasteiger partial charge on any atom is 0.123 e. The van der Waals surface area contributed by atoms with Crippen molar-refractivity contribution in [3.63, 3.8) is 0 Å². The summed E-state index contributed by atoms with van der Waals surface area (Å²) in [5, 5.41) is 6.66. The molecular formula is C14H19N5O. The van der Waals surface area contributed by atoms with Crippen LogP contribution in [-0.4, -0.2) is 16.8 Å². The van der Waals surface area contributed by atoms with Gasteiger partial charge in [0.2, 0.25) is 0 Å². The molecule has 106 valence electrons. The molecule has 6 heteroatoms. The van der Waals surface area contributed by atoms with Crippen LogP contribution in [0.4, 0.5) is 5.82 Å². The monoisotopic (exact) mass is 273 g/mol. The van der Waals surface area contributed by atoms with Crippen molar-refractivity contribution in [2.75, 3.05) is 12.3 Å². The molecule has 0 bridgehead atoms. The number of anilines is 1. The topological polar surface area (TPSA) is 102 Å². The first-order valence-corrected chi connectivity index (χ1v) is 6.77. The number of benzene rings is 1. The summed E-state index contributed by atoms with van der Waals surface area (Å²) in [5.74, 6) is 7.20. The summed E-state index contributed by atoms with van der Waals surface area (Å²) < 4.78 is 5.51. The zero-order valence-corrected chi connectivity index (χ0v) is 11.2. The van der Waals surface area contributed by atoms with E-state index in [0.29, 0.717) is 5.82 Å². The van der Waals surface area contributed by atoms with Gasteiger partial charge in [0.1, 0.15) is 11.6 Å². The van der Waals surface area contributed by atoms with Crippen molar-refractivity contribution < 1.29 is 4.74 Å². The molecule has 0 spiro atoms. The highest BCUT2D eigenvalue weighted by Crippen LogP contribution is 2.28. The van der Waals surface area contributed by atoms with Crippen LogP contribution >= 0.6 is 0 Å². The zero-order chi connectivity index (χ0) is 13.9. The number of nitrogens with two attached hydrogens (primary N) is 2. The Morgan fingerprint density at radius 3 is 3.10 bits per heavy atom. The lowest BCUT2D eigenvalue weighted by molar-refractivity contribution is 0.357. The van der Waals surface area contributed by atoms with E-state index in [1.807, 2.05) is 0 Å². The van der Waals surface area contributed by atoms with Gasteiger partial charge in [0, 0.05) is 12.0 Å². The van der Waals surface area contributed by atoms with Gasteiger partial charge in [-0.1, -0.05) is 12.1 Å². The molecule has 1 aromatic heterocycles. The van der Waals surface area contributed by atoms with Crippen LogP contribution in [0.3, 0.4) is 0 Å². The van der Waals surface area contributed by atoms with Crippen molar-refractivity contribution >= 4 is 5.82 Å². The summed E-state index contributed by atoms with van der Waals surface area (Å²) in [6.07, 6.45) is 4.50. The standard InChI is InChI=1S/C14H19N5O/c15-14-11(8-17-19-14)12(18-16)3-1-9-2-4-13-10(7-9)5-6-20-13/h2,4,7-8,12,18H,1,3,5-6,16H2,(H3,15,17,19). The number of aryl methyl sites for hydroxylation is 1. The van der Waals surface area contributed by atoms with Crippen LogP contribution in [0, 0.1) is 0 Å². The number of nitrogens with one attached hydrogen (secondary N) is 2. The minimum Gasteiger partial charge on any atom is -0.493 e. The summed E-state index contributed by atoms with van der Waals surface area (Å²) in [6, 6.07) is 6.37. The molecule has 1 aliphatic heterocycles. The molecule has 6 nitrogen and oxygen atoms in total. The average molecular weight is 273 g/mol. The highest BCUT2D eigenvalue weighted by Gasteiger charge is 2.16. The molecule has 2 heterocycles. The summed E-state index contributed by atoms with van der Waals surface area (Å²) in [5.41, 5.74) is 12.1. The van der Waals surface area contributed by atoms with E-state index in [4.69, 9.17) is 16.3 Å². The van der Waals surface area contributed by atoms with Crippen LogP contribution in [0.1, 0.15) is 29.2 Å². The van der Waals surface area contributed by atoms with E-state index in [1.165, 1.54) is 11.1 Å². The highest BCUT2D eigenvalue weighted by molar-refractivity contribution is 5.41. The SMILES string of the molecule is NNC(CCc1ccc2c(c1)CCO2)c1cn[nH]c1N. The second-order valence-corrected chi connectivity index (χ2v) is 5.04. The zero-order valence-electron chi connectivity index (χ0n) is 11.2. The lowest BCUT2D eigenvalue weighted by Crippen LogP contribution is -2.28. The van der Waals surface area contributed by atoms with Crippen molar-refractivity contribution in [1.29, 1.82) is 0 Å². The molecule has 0 aliphatic carbocycles. The summed E-state index contributed by atoms with van der Waals surface area (Å²) in [4.78, 5) is 0. The normalized spacial score (nSPS) is 14.8. The Balaban J connectivity index is 1.68. The van der Waals surface area contributed by atoms with Gasteiger partial charge in [0.15, 0.2) is 0 Å². The van der Waals surface area contributed by atoms with E-state index in [2.05, 4.69) is 33.8 Å². The number of nitrogen functional groups attached to an aromatic ring is 1. The highest BCUT2D eigenvalue weighted by atomic mass is 16.5. The van der Waals surface area contributed by atoms with Gasteiger partial charge in [-0.2, -0.15) is 5.10 Å². The quantitative estimate of drug-likeness (QED) is 0.482. The third-order valence-corrected chi connectivity index (χ3v) is 3.75. The summed E-state index contributed by atoms with van der Waals surface area (Å²) >= 11 is 0. The Hall–Kier alpha value is -2.05. The second-order valence-electron chi connectivity index (χ2n) is 5.04. The number of ether oxygens (including phenoxy) is 1. The molecule has 0 amide bonds. The Kier molecular flexibility index (Phi) is 3.58. The van der Waals surface area contributed by atoms with Gasteiger partial charge in [-0.15, -0.1) is 0 Å². The van der Waals surface area contributed by atoms with Crippen LogP contribution in [0.2, 0.25) is 0 Å². The van der Waals surface area contributed by atoms with Gasteiger partial charge >= 0.3 is 0 Å². The van der Waals surface area contributed by atoms with Gasteiger partial charge in [0.05, 0.1) is 18.8 Å². The van der Waals surface area contributed by atoms with Crippen LogP contribution < -0.4 is 21.7 Å². The van der Waals surface area contributed by atoms with Crippen molar-refractivity contribution in [3.05, 3.63) is 41.1 Å². The van der Waals surface area contributed by atoms with Crippen LogP contribution in [0.15, 0.2) is 24.4 Å². The number of aromatic amines is 1. The van der Waals surface area contributed by atoms with E-state index in [1.54, 1.807) is 6.20 Å². The first-order valence-electron chi connectivity index (χ1n) is 6.77. The number of rotatable bonds is 5. The average Bonchev–Trinajstić information content (AvgIpc) is 3.08. The Bertz CT molecular complexity index is 595. The maximum absolute atomic E-state index is 5.83. The van der Waals surface area contributed by atoms with Gasteiger partial charge in [-0.3, -0.25) is 16.4 Å². The van der Waals surface area contributed by atoms with E-state index in [0.717, 1.165) is 37.2 Å². The number of fused-ring (bicyclic) bond motifs is 1. The number of hydrazine groups is 1. The van der Waals surface area contributed by atoms with Gasteiger partial charge in [-0.25, -0.2) is 0 Å². The summed E-state index contributed by atoms with van der Waals surface area (Å²) in [6.45, 7) is 0.789. The minimum absolute atomic E-state index is 0.00162. The lowest BCUT2D eigenvalue weighted by atomic mass is 9.99. The fourth-order valence-electron chi connectivity index (χ4n) is 2.62. The molecule has 0 saturated carbocycles. The molecule has 20 heavy (non-hydrogen) atoms. The molecular weight excluding hydrogens is 254 g/mol. The van der Waals surface area contributed by atoms with E-state index >= 15 is 0 Å². The Morgan fingerprint density at radius 1 is 1.45 bits per heavy atom. The molecule has 1 aromatic carbocycles. The number of nitrogens with zero attached hydrogens (tertiary/aromatic N) is 1. The van der Waals surface area contributed by atoms with Gasteiger partial charge in [0.25, 0.3) is 0 Å². The number of hydrogen-bond acceptors (Lipinski definition) is 5. The smallest absolute Gasteiger partial charge is 0.123 e. The molecule has 1 aliphatic rings. The molecule has 1 atom stereocenters. The van der Waals surface area contributed by atoms with Crippen LogP contribution in [0.25, 0.3) is 0 Å². The predicted molar refractivity (Wildman–Crippen MR) is 77.0 cm³/mol. The largest absolute Gasteiger partial charge is 0.493 e. The molecule has 2 aromatic rings. The second kappa shape index (κ2) is 5.52. The van der Waals surface area contributed by atoms with Crippen molar-refractivity contribution in [3.8, 4) is 5.75 Å². The number of hydrogen-bond donors (Lipinski definition) is 4. The third kappa shape index (κ3) is 2.48. The fourth-order valence-corrected chi connectivity index (χ4v) is 2.62. The predicted octanol–water partition coefficient (Wildman–Crippen LogP) is 1.06. The van der Waals surface area contributed by atoms with Gasteiger partial charge < -0.3 is 10.5 Å². The van der Waals surface area contributed by atoms with Crippen molar-refractivity contribution in [2.24, 2.45) is 5.84 Å². The molecule has 0 fully saturated rings. The molecule has 0 radical (unpaired) electrons. The van der Waals surface area contributed by atoms with Crippen LogP contribution in [-0.2, 0) is 12.8 Å². The van der Waals surface area contributed by atoms with E-state index < -0.39 is 0 Å². The van der Waals surface area contributed by atoms with E-state index in [-0.39, 0.29) is 6.04 Å². The molecule has 3 rings (SSSR count). The van der Waals surface area contributed by atoms with Crippen molar-refractivity contribution in [1.82, 2.24) is 15.6 Å². The fraction of sp³-hybridized carbons (Fsp3) is 0.357. The van der Waals surface area contributed by atoms with Gasteiger partial charge in [-0.05, 0) is 30.0 Å². The van der Waals surface area contributed by atoms with Crippen molar-refractivity contribution in [2.45, 2.75) is 25.3 Å². The van der Waals surface area contributed by atoms with Crippen LogP contribution in [0.5, 0.6) is 5.75 Å². The first kappa shape index (κ1) is 13.0. The van der Waals surface area contributed by atoms with E-state index in [9.17, 15) is 0 Å². The third-order valence-electron chi connectivity index (χ3n) is 3.75. The minimum atomic E-state index is -0.00162. The maximum atomic E-state index is 5.83. The molecule has 1 unspecified atom stereocenters. The Morgan fingerprint density at radius 2 is 2.35 bits per heavy atom. The molecule has 6 N–H and O–H groups in total. The number of aromatic nitrogens is 2. The first-order chi connectivity index (χ1) is 9.78. The lowest BCUT2D eigenvalue weighted by Gasteiger charge is -2.15. The Labute approximate surface area is 117 Å². The number of H-pyrrole nitrogens is 1. The summed E-state index contributed by atoms with van der Waals surface area (Å²) in [7, 11) is 0. The molecule has 0 saturated heterocycles.